The topological polar surface area (TPSA) is 50.7 Å². The molecule has 0 amide bonds. The van der Waals surface area contributed by atoms with Crippen molar-refractivity contribution >= 4 is 28.5 Å². The molecule has 1 N–H and O–H groups in total. The smallest absolute Gasteiger partial charge is 0.155 e. The molecule has 0 aliphatic carbocycles. The average molecular weight is 195 g/mol. The van der Waals surface area contributed by atoms with Gasteiger partial charge in [0.1, 0.15) is 10.7 Å². The Morgan fingerprint density at radius 1 is 1.31 bits per heavy atom. The number of hydrogen-bond donors (Lipinski definition) is 1. The monoisotopic (exact) mass is 194 g/mol. The van der Waals surface area contributed by atoms with E-state index in [4.69, 9.17) is 11.6 Å². The molecule has 66 valence electrons. The van der Waals surface area contributed by atoms with Crippen molar-refractivity contribution < 1.29 is 0 Å². The molecule has 13 heavy (non-hydrogen) atoms. The Hall–Kier alpha value is -1.42. The van der Waals surface area contributed by atoms with Gasteiger partial charge in [0.2, 0.25) is 0 Å². The van der Waals surface area contributed by atoms with Crippen molar-refractivity contribution in [1.82, 2.24) is 15.0 Å². The molecule has 0 unspecified atom stereocenters. The maximum absolute atomic E-state index is 5.78. The van der Waals surface area contributed by atoms with E-state index in [1.165, 1.54) is 0 Å². The van der Waals surface area contributed by atoms with Crippen LogP contribution in [0.1, 0.15) is 0 Å². The van der Waals surface area contributed by atoms with E-state index in [9.17, 15) is 0 Å². The highest BCUT2D eigenvalue weighted by molar-refractivity contribution is 6.30. The lowest BCUT2D eigenvalue weighted by molar-refractivity contribution is 1.23. The van der Waals surface area contributed by atoms with E-state index in [2.05, 4.69) is 20.3 Å². The number of halogens is 1. The Labute approximate surface area is 80.0 Å². The Morgan fingerprint density at radius 3 is 2.85 bits per heavy atom. The number of pyridine rings is 1. The van der Waals surface area contributed by atoms with Gasteiger partial charge >= 0.3 is 0 Å². The van der Waals surface area contributed by atoms with Crippen molar-refractivity contribution in [2.45, 2.75) is 0 Å². The normalized spacial score (nSPS) is 10.3. The molecule has 0 aliphatic heterocycles. The van der Waals surface area contributed by atoms with Gasteiger partial charge in [-0.25, -0.2) is 9.97 Å². The third kappa shape index (κ3) is 1.40. The van der Waals surface area contributed by atoms with E-state index < -0.39 is 0 Å². The molecule has 2 aromatic rings. The molecule has 0 atom stereocenters. The van der Waals surface area contributed by atoms with E-state index in [1.54, 1.807) is 25.5 Å². The summed E-state index contributed by atoms with van der Waals surface area (Å²) in [6.07, 6.45) is 3.25. The highest BCUT2D eigenvalue weighted by Crippen LogP contribution is 2.19. The van der Waals surface area contributed by atoms with Crippen LogP contribution < -0.4 is 5.32 Å². The van der Waals surface area contributed by atoms with Gasteiger partial charge in [-0.1, -0.05) is 11.6 Å². The summed E-state index contributed by atoms with van der Waals surface area (Å²) in [5.74, 6) is 0.649. The van der Waals surface area contributed by atoms with Crippen LogP contribution in [0.15, 0.2) is 18.5 Å². The number of nitrogens with one attached hydrogen (secondary N) is 1. The van der Waals surface area contributed by atoms with Crippen molar-refractivity contribution in [2.75, 3.05) is 12.4 Å². The molecule has 0 radical (unpaired) electrons. The van der Waals surface area contributed by atoms with E-state index in [0.29, 0.717) is 11.0 Å². The second-order valence-electron chi connectivity index (χ2n) is 2.47. The van der Waals surface area contributed by atoms with Gasteiger partial charge in [0.05, 0.1) is 5.52 Å². The maximum atomic E-state index is 5.78. The van der Waals surface area contributed by atoms with Crippen LogP contribution in [0.2, 0.25) is 5.15 Å². The summed E-state index contributed by atoms with van der Waals surface area (Å²) in [6.45, 7) is 0. The molecule has 0 saturated carbocycles. The fraction of sp³-hybridized carbons (Fsp3) is 0.125. The molecule has 0 saturated heterocycles. The van der Waals surface area contributed by atoms with Crippen LogP contribution in [0.3, 0.4) is 0 Å². The van der Waals surface area contributed by atoms with E-state index in [-0.39, 0.29) is 0 Å². The van der Waals surface area contributed by atoms with Gasteiger partial charge in [0, 0.05) is 25.5 Å². The Kier molecular flexibility index (Phi) is 1.98. The Morgan fingerprint density at radius 2 is 2.08 bits per heavy atom. The fourth-order valence-electron chi connectivity index (χ4n) is 1.12. The summed E-state index contributed by atoms with van der Waals surface area (Å²) < 4.78 is 0. The van der Waals surface area contributed by atoms with Gasteiger partial charge in [0.25, 0.3) is 0 Å². The van der Waals surface area contributed by atoms with Crippen molar-refractivity contribution in [3.63, 3.8) is 0 Å². The first-order chi connectivity index (χ1) is 6.31. The molecular weight excluding hydrogens is 188 g/mol. The highest BCUT2D eigenvalue weighted by Gasteiger charge is 2.04. The van der Waals surface area contributed by atoms with Crippen LogP contribution in [0.25, 0.3) is 11.0 Å². The SMILES string of the molecule is CNc1nc(Cl)cc2nccnc12. The van der Waals surface area contributed by atoms with Gasteiger partial charge in [-0.05, 0) is 0 Å². The van der Waals surface area contributed by atoms with Crippen LogP contribution in [0, 0.1) is 0 Å². The molecule has 4 nitrogen and oxygen atoms in total. The molecular formula is C8H7ClN4. The van der Waals surface area contributed by atoms with Gasteiger partial charge in [-0.15, -0.1) is 0 Å². The summed E-state index contributed by atoms with van der Waals surface area (Å²) in [5.41, 5.74) is 1.47. The minimum absolute atomic E-state index is 0.414. The lowest BCUT2D eigenvalue weighted by atomic mass is 10.3. The third-order valence-electron chi connectivity index (χ3n) is 1.66. The average Bonchev–Trinajstić information content (AvgIpc) is 2.16. The van der Waals surface area contributed by atoms with Crippen LogP contribution in [-0.2, 0) is 0 Å². The molecule has 2 aromatic heterocycles. The number of rotatable bonds is 1. The first-order valence-electron chi connectivity index (χ1n) is 3.76. The van der Waals surface area contributed by atoms with E-state index in [0.717, 1.165) is 11.0 Å². The zero-order chi connectivity index (χ0) is 9.26. The van der Waals surface area contributed by atoms with E-state index in [1.807, 2.05) is 0 Å². The van der Waals surface area contributed by atoms with Crippen molar-refractivity contribution in [3.05, 3.63) is 23.6 Å². The molecule has 0 fully saturated rings. The number of fused-ring (bicyclic) bond motifs is 1. The van der Waals surface area contributed by atoms with Crippen molar-refractivity contribution in [1.29, 1.82) is 0 Å². The van der Waals surface area contributed by atoms with Crippen LogP contribution in [-0.4, -0.2) is 22.0 Å². The molecule has 5 heteroatoms. The van der Waals surface area contributed by atoms with Crippen molar-refractivity contribution in [3.8, 4) is 0 Å². The predicted octanol–water partition coefficient (Wildman–Crippen LogP) is 1.72. The molecule has 0 spiro atoms. The molecule has 0 bridgehead atoms. The second-order valence-corrected chi connectivity index (χ2v) is 2.85. The Bertz CT molecular complexity index is 443. The molecule has 0 aliphatic rings. The molecule has 2 heterocycles. The largest absolute Gasteiger partial charge is 0.371 e. The first-order valence-corrected chi connectivity index (χ1v) is 4.14. The Balaban J connectivity index is 2.81. The van der Waals surface area contributed by atoms with Gasteiger partial charge in [0.15, 0.2) is 5.82 Å². The zero-order valence-corrected chi connectivity index (χ0v) is 7.71. The standard InChI is InChI=1S/C8H7ClN4/c1-10-8-7-5(4-6(9)13-8)11-2-3-12-7/h2-4H,1H3,(H,10,13). The lowest BCUT2D eigenvalue weighted by Crippen LogP contribution is -1.96. The number of nitrogens with zero attached hydrogens (tertiary/aromatic N) is 3. The predicted molar refractivity (Wildman–Crippen MR) is 51.9 cm³/mol. The van der Waals surface area contributed by atoms with Crippen molar-refractivity contribution in [2.24, 2.45) is 0 Å². The summed E-state index contributed by atoms with van der Waals surface area (Å²) in [7, 11) is 1.77. The minimum atomic E-state index is 0.414. The summed E-state index contributed by atoms with van der Waals surface area (Å²) in [5, 5.41) is 3.33. The first kappa shape index (κ1) is 8.19. The number of hydrogen-bond acceptors (Lipinski definition) is 4. The quantitative estimate of drug-likeness (QED) is 0.703. The summed E-state index contributed by atoms with van der Waals surface area (Å²) >= 11 is 5.78. The summed E-state index contributed by atoms with van der Waals surface area (Å²) in [6, 6.07) is 1.69. The van der Waals surface area contributed by atoms with Crippen LogP contribution in [0.4, 0.5) is 5.82 Å². The maximum Gasteiger partial charge on any atom is 0.155 e. The fourth-order valence-corrected chi connectivity index (χ4v) is 1.30. The molecule has 2 rings (SSSR count). The van der Waals surface area contributed by atoms with Gasteiger partial charge < -0.3 is 5.32 Å². The van der Waals surface area contributed by atoms with Gasteiger partial charge in [-0.3, -0.25) is 4.98 Å². The van der Waals surface area contributed by atoms with Crippen LogP contribution in [0.5, 0.6) is 0 Å². The minimum Gasteiger partial charge on any atom is -0.371 e. The number of aromatic nitrogens is 3. The third-order valence-corrected chi connectivity index (χ3v) is 1.86. The van der Waals surface area contributed by atoms with E-state index >= 15 is 0 Å². The second kappa shape index (κ2) is 3.14. The zero-order valence-electron chi connectivity index (χ0n) is 6.95. The summed E-state index contributed by atoms with van der Waals surface area (Å²) in [4.78, 5) is 12.3. The molecule has 0 aromatic carbocycles. The highest BCUT2D eigenvalue weighted by atomic mass is 35.5. The van der Waals surface area contributed by atoms with Gasteiger partial charge in [-0.2, -0.15) is 0 Å². The number of anilines is 1. The van der Waals surface area contributed by atoms with Crippen LogP contribution >= 0.6 is 11.6 Å². The lowest BCUT2D eigenvalue weighted by Gasteiger charge is -2.02.